The van der Waals surface area contributed by atoms with Gasteiger partial charge in [-0.2, -0.15) is 0 Å². The molecule has 1 aliphatic heterocycles. The number of hydrogen-bond acceptors (Lipinski definition) is 4. The zero-order chi connectivity index (χ0) is 19.8. The van der Waals surface area contributed by atoms with E-state index < -0.39 is 0 Å². The Balaban J connectivity index is 0.00000300. The van der Waals surface area contributed by atoms with E-state index in [2.05, 4.69) is 32.9 Å². The molecule has 1 unspecified atom stereocenters. The highest BCUT2D eigenvalue weighted by Crippen LogP contribution is 2.17. The maximum absolute atomic E-state index is 12.3. The molecule has 1 amide bonds. The number of halogens is 1. The first-order valence-corrected chi connectivity index (χ1v) is 9.88. The molecule has 1 aromatic carbocycles. The fraction of sp³-hybridized carbons (Fsp3) is 0.476. The van der Waals surface area contributed by atoms with Gasteiger partial charge in [-0.3, -0.25) is 9.79 Å². The quantitative estimate of drug-likeness (QED) is 0.324. The summed E-state index contributed by atoms with van der Waals surface area (Å²) in [4.78, 5) is 18.5. The maximum Gasteiger partial charge on any atom is 0.223 e. The topological polar surface area (TPSA) is 82.8 Å². The number of aromatic nitrogens is 1. The van der Waals surface area contributed by atoms with Crippen molar-refractivity contribution in [3.05, 3.63) is 53.4 Å². The van der Waals surface area contributed by atoms with Crippen molar-refractivity contribution in [1.82, 2.24) is 20.7 Å². The van der Waals surface area contributed by atoms with Crippen molar-refractivity contribution in [2.75, 3.05) is 26.7 Å². The first-order valence-electron chi connectivity index (χ1n) is 9.88. The van der Waals surface area contributed by atoms with Gasteiger partial charge < -0.3 is 20.1 Å². The average Bonchev–Trinajstić information content (AvgIpc) is 3.33. The molecular formula is C21H30IN5O2. The van der Waals surface area contributed by atoms with E-state index in [1.54, 1.807) is 7.05 Å². The summed E-state index contributed by atoms with van der Waals surface area (Å²) < 4.78 is 5.27. The summed E-state index contributed by atoms with van der Waals surface area (Å²) in [7, 11) is 1.74. The molecule has 1 fully saturated rings. The fourth-order valence-electron chi connectivity index (χ4n) is 3.35. The minimum atomic E-state index is 0. The third-order valence-corrected chi connectivity index (χ3v) is 4.99. The Kier molecular flexibility index (Phi) is 9.43. The minimum absolute atomic E-state index is 0. The molecule has 2 heterocycles. The molecule has 8 heteroatoms. The van der Waals surface area contributed by atoms with Gasteiger partial charge in [-0.05, 0) is 18.4 Å². The summed E-state index contributed by atoms with van der Waals surface area (Å²) in [5.41, 5.74) is 2.21. The minimum Gasteiger partial charge on any atom is -0.359 e. The molecule has 0 spiro atoms. The van der Waals surface area contributed by atoms with Gasteiger partial charge in [-0.1, -0.05) is 42.4 Å². The molecule has 1 aliphatic rings. The van der Waals surface area contributed by atoms with E-state index in [4.69, 9.17) is 4.52 Å². The smallest absolute Gasteiger partial charge is 0.223 e. The zero-order valence-corrected chi connectivity index (χ0v) is 19.4. The van der Waals surface area contributed by atoms with Gasteiger partial charge in [0.25, 0.3) is 0 Å². The molecule has 3 rings (SSSR count). The first kappa shape index (κ1) is 23.2. The highest BCUT2D eigenvalue weighted by atomic mass is 127. The second-order valence-electron chi connectivity index (χ2n) is 7.09. The number of guanidine groups is 1. The van der Waals surface area contributed by atoms with Crippen LogP contribution in [0.15, 0.2) is 45.9 Å². The zero-order valence-electron chi connectivity index (χ0n) is 17.1. The number of benzene rings is 1. The Morgan fingerprint density at radius 1 is 1.31 bits per heavy atom. The Bertz CT molecular complexity index is 793. The van der Waals surface area contributed by atoms with Crippen LogP contribution in [0.5, 0.6) is 0 Å². The lowest BCUT2D eigenvalue weighted by Gasteiger charge is -2.17. The lowest BCUT2D eigenvalue weighted by atomic mass is 10.1. The summed E-state index contributed by atoms with van der Waals surface area (Å²) >= 11 is 0. The van der Waals surface area contributed by atoms with Gasteiger partial charge in [0.05, 0.1) is 12.2 Å². The molecule has 1 atom stereocenters. The van der Waals surface area contributed by atoms with Crippen molar-refractivity contribution < 1.29 is 9.32 Å². The number of likely N-dealkylation sites (tertiary alicyclic amines) is 1. The van der Waals surface area contributed by atoms with Gasteiger partial charge in [0.15, 0.2) is 11.7 Å². The molecule has 0 radical (unpaired) electrons. The van der Waals surface area contributed by atoms with Crippen LogP contribution >= 0.6 is 24.0 Å². The molecule has 29 heavy (non-hydrogen) atoms. The molecule has 7 nitrogen and oxygen atoms in total. The predicted molar refractivity (Wildman–Crippen MR) is 124 cm³/mol. The van der Waals surface area contributed by atoms with Crippen molar-refractivity contribution in [1.29, 1.82) is 0 Å². The van der Waals surface area contributed by atoms with E-state index >= 15 is 0 Å². The van der Waals surface area contributed by atoms with Crippen LogP contribution in [0, 0.1) is 5.92 Å². The number of carbonyl (C=O) groups excluding carboxylic acids is 1. The SMILES string of the molecule is CCc1cc(CNC(=NC)NCC2CC(=O)N(CCc3ccccc3)C2)on1.I. The van der Waals surface area contributed by atoms with Crippen molar-refractivity contribution >= 4 is 35.8 Å². The number of hydrogen-bond donors (Lipinski definition) is 2. The largest absolute Gasteiger partial charge is 0.359 e. The maximum atomic E-state index is 12.3. The first-order chi connectivity index (χ1) is 13.7. The molecule has 0 saturated carbocycles. The molecule has 1 aromatic heterocycles. The predicted octanol–water partition coefficient (Wildman–Crippen LogP) is 2.61. The second-order valence-corrected chi connectivity index (χ2v) is 7.09. The second kappa shape index (κ2) is 11.8. The molecule has 0 aliphatic carbocycles. The Hall–Kier alpha value is -2.10. The van der Waals surface area contributed by atoms with Gasteiger partial charge >= 0.3 is 0 Å². The Morgan fingerprint density at radius 3 is 2.79 bits per heavy atom. The van der Waals surface area contributed by atoms with Crippen LogP contribution < -0.4 is 10.6 Å². The molecule has 1 saturated heterocycles. The highest BCUT2D eigenvalue weighted by Gasteiger charge is 2.29. The van der Waals surface area contributed by atoms with Gasteiger partial charge in [-0.15, -0.1) is 24.0 Å². The normalized spacial score (nSPS) is 16.6. The number of nitrogens with one attached hydrogen (secondary N) is 2. The van der Waals surface area contributed by atoms with Crippen LogP contribution in [0.1, 0.15) is 30.4 Å². The van der Waals surface area contributed by atoms with Crippen LogP contribution in [0.4, 0.5) is 0 Å². The van der Waals surface area contributed by atoms with Gasteiger partial charge in [0.1, 0.15) is 0 Å². The average molecular weight is 511 g/mol. The highest BCUT2D eigenvalue weighted by molar-refractivity contribution is 14.0. The van der Waals surface area contributed by atoms with E-state index in [1.165, 1.54) is 5.56 Å². The Labute approximate surface area is 189 Å². The molecule has 158 valence electrons. The van der Waals surface area contributed by atoms with Crippen molar-refractivity contribution in [2.45, 2.75) is 32.7 Å². The number of aliphatic imine (C=N–C) groups is 1. The van der Waals surface area contributed by atoms with E-state index in [0.29, 0.717) is 31.4 Å². The summed E-state index contributed by atoms with van der Waals surface area (Å²) in [6.45, 7) is 4.85. The molecule has 2 aromatic rings. The van der Waals surface area contributed by atoms with E-state index in [-0.39, 0.29) is 29.9 Å². The fourth-order valence-corrected chi connectivity index (χ4v) is 3.35. The monoisotopic (exact) mass is 511 g/mol. The summed E-state index contributed by atoms with van der Waals surface area (Å²) in [6.07, 6.45) is 2.33. The lowest BCUT2D eigenvalue weighted by molar-refractivity contribution is -0.127. The third-order valence-electron chi connectivity index (χ3n) is 4.99. The molecular weight excluding hydrogens is 481 g/mol. The number of amides is 1. The van der Waals surface area contributed by atoms with Crippen molar-refractivity contribution in [3.8, 4) is 0 Å². The van der Waals surface area contributed by atoms with Crippen LogP contribution in [-0.2, 0) is 24.2 Å². The molecule has 0 bridgehead atoms. The van der Waals surface area contributed by atoms with Crippen LogP contribution in [-0.4, -0.2) is 48.6 Å². The standard InChI is InChI=1S/C21H29N5O2.HI/c1-3-18-12-19(28-25-18)14-24-21(22-2)23-13-17-11-20(27)26(15-17)10-9-16-7-5-4-6-8-16;/h4-8,12,17H,3,9-11,13-15H2,1-2H3,(H2,22,23,24);1H. The third kappa shape index (κ3) is 7.02. The van der Waals surface area contributed by atoms with Crippen LogP contribution in [0.2, 0.25) is 0 Å². The number of aryl methyl sites for hydroxylation is 1. The van der Waals surface area contributed by atoms with Crippen molar-refractivity contribution in [3.63, 3.8) is 0 Å². The lowest BCUT2D eigenvalue weighted by Crippen LogP contribution is -2.40. The van der Waals surface area contributed by atoms with Gasteiger partial charge in [-0.25, -0.2) is 0 Å². The van der Waals surface area contributed by atoms with Gasteiger partial charge in [0, 0.05) is 45.1 Å². The van der Waals surface area contributed by atoms with Crippen LogP contribution in [0.25, 0.3) is 0 Å². The Morgan fingerprint density at radius 2 is 2.10 bits per heavy atom. The summed E-state index contributed by atoms with van der Waals surface area (Å²) in [6, 6.07) is 12.2. The van der Waals surface area contributed by atoms with E-state index in [9.17, 15) is 4.79 Å². The van der Waals surface area contributed by atoms with E-state index in [1.807, 2.05) is 36.1 Å². The van der Waals surface area contributed by atoms with E-state index in [0.717, 1.165) is 37.4 Å². The number of carbonyl (C=O) groups is 1. The van der Waals surface area contributed by atoms with Gasteiger partial charge in [0.2, 0.25) is 5.91 Å². The van der Waals surface area contributed by atoms with Crippen molar-refractivity contribution in [2.24, 2.45) is 10.9 Å². The number of rotatable bonds is 8. The number of nitrogens with zero attached hydrogens (tertiary/aromatic N) is 3. The summed E-state index contributed by atoms with van der Waals surface area (Å²) in [5, 5.41) is 10.5. The van der Waals surface area contributed by atoms with Crippen LogP contribution in [0.3, 0.4) is 0 Å². The molecule has 2 N–H and O–H groups in total. The summed E-state index contributed by atoms with van der Waals surface area (Å²) in [5.74, 6) is 2.01.